The Morgan fingerprint density at radius 2 is 1.57 bits per heavy atom. The first-order valence-electron chi connectivity index (χ1n) is 13.0. The highest BCUT2D eigenvalue weighted by Crippen LogP contribution is 2.30. The monoisotopic (exact) mass is 474 g/mol. The van der Waals surface area contributed by atoms with Crippen LogP contribution in [0.5, 0.6) is 0 Å². The summed E-state index contributed by atoms with van der Waals surface area (Å²) < 4.78 is 20.6. The lowest BCUT2D eigenvalue weighted by Crippen LogP contribution is -2.48. The maximum Gasteiger partial charge on any atom is 0.196 e. The van der Waals surface area contributed by atoms with E-state index >= 15 is 0 Å². The van der Waals surface area contributed by atoms with Crippen molar-refractivity contribution in [2.75, 3.05) is 26.2 Å². The minimum Gasteiger partial charge on any atom is -0.360 e. The summed E-state index contributed by atoms with van der Waals surface area (Å²) in [4.78, 5) is 9.94. The fourth-order valence-corrected chi connectivity index (χ4v) is 5.16. The van der Waals surface area contributed by atoms with E-state index in [2.05, 4.69) is 15.0 Å². The summed E-state index contributed by atoms with van der Waals surface area (Å²) in [6.45, 7) is 6.86. The topological polar surface area (TPSA) is 44.9 Å². The van der Waals surface area contributed by atoms with Gasteiger partial charge in [-0.05, 0) is 55.7 Å². The van der Waals surface area contributed by atoms with Crippen molar-refractivity contribution in [2.45, 2.75) is 57.9 Å². The Balaban J connectivity index is 1.30. The molecule has 3 aromatic rings. The van der Waals surface area contributed by atoms with E-state index in [0.717, 1.165) is 54.7 Å². The molecule has 0 aliphatic carbocycles. The first-order chi connectivity index (χ1) is 17.2. The van der Waals surface area contributed by atoms with Gasteiger partial charge in [-0.3, -0.25) is 0 Å². The molecule has 5 nitrogen and oxygen atoms in total. The molecule has 1 unspecified atom stereocenters. The summed E-state index contributed by atoms with van der Waals surface area (Å²) in [5.41, 5.74) is 3.18. The molecule has 184 valence electrons. The summed E-state index contributed by atoms with van der Waals surface area (Å²) in [6, 6.07) is 17.0. The lowest BCUT2D eigenvalue weighted by atomic mass is 9.95. The molecule has 0 amide bonds. The van der Waals surface area contributed by atoms with Crippen LogP contribution in [-0.2, 0) is 6.54 Å². The molecule has 5 rings (SSSR count). The van der Waals surface area contributed by atoms with Gasteiger partial charge in [0, 0.05) is 43.7 Å². The zero-order chi connectivity index (χ0) is 24.0. The van der Waals surface area contributed by atoms with Gasteiger partial charge in [0.05, 0.1) is 6.54 Å². The molecule has 1 atom stereocenters. The molecular weight excluding hydrogens is 439 g/mol. The van der Waals surface area contributed by atoms with Crippen molar-refractivity contribution in [1.82, 2.24) is 15.0 Å². The molecule has 0 spiro atoms. The number of hydrogen-bond acceptors (Lipinski definition) is 3. The predicted molar refractivity (Wildman–Crippen MR) is 138 cm³/mol. The largest absolute Gasteiger partial charge is 0.360 e. The first kappa shape index (κ1) is 23.6. The molecule has 2 aliphatic heterocycles. The van der Waals surface area contributed by atoms with Crippen LogP contribution in [0.2, 0.25) is 0 Å². The summed E-state index contributed by atoms with van der Waals surface area (Å²) in [6.07, 6.45) is 7.55. The Morgan fingerprint density at radius 3 is 2.20 bits per heavy atom. The second-order valence-corrected chi connectivity index (χ2v) is 9.76. The third kappa shape index (κ3) is 5.58. The molecule has 0 bridgehead atoms. The zero-order valence-corrected chi connectivity index (χ0v) is 20.6. The Labute approximate surface area is 207 Å². The minimum atomic E-state index is -0.224. The molecule has 2 aromatic carbocycles. The second-order valence-electron chi connectivity index (χ2n) is 9.76. The fourth-order valence-electron chi connectivity index (χ4n) is 5.16. The van der Waals surface area contributed by atoms with Gasteiger partial charge in [0.1, 0.15) is 17.3 Å². The normalized spacial score (nSPS) is 17.3. The smallest absolute Gasteiger partial charge is 0.196 e. The summed E-state index contributed by atoms with van der Waals surface area (Å²) >= 11 is 0. The number of aliphatic imine (C=N–C) groups is 1. The molecule has 2 fully saturated rings. The van der Waals surface area contributed by atoms with Crippen LogP contribution < -0.4 is 0 Å². The van der Waals surface area contributed by atoms with Gasteiger partial charge in [-0.2, -0.15) is 0 Å². The predicted octanol–water partition coefficient (Wildman–Crippen LogP) is 6.46. The lowest BCUT2D eigenvalue weighted by molar-refractivity contribution is 0.256. The van der Waals surface area contributed by atoms with E-state index in [4.69, 9.17) is 9.52 Å². The van der Waals surface area contributed by atoms with E-state index in [-0.39, 0.29) is 11.7 Å². The van der Waals surface area contributed by atoms with Gasteiger partial charge in [-0.15, -0.1) is 0 Å². The Morgan fingerprint density at radius 1 is 0.914 bits per heavy atom. The maximum absolute atomic E-state index is 14.9. The Kier molecular flexibility index (Phi) is 7.45. The molecule has 0 radical (unpaired) electrons. The molecule has 2 saturated heterocycles. The molecule has 1 aromatic heterocycles. The van der Waals surface area contributed by atoms with Crippen LogP contribution in [0.15, 0.2) is 64.1 Å². The van der Waals surface area contributed by atoms with Gasteiger partial charge in [0.15, 0.2) is 5.96 Å². The average molecular weight is 475 g/mol. The minimum absolute atomic E-state index is 0.0942. The van der Waals surface area contributed by atoms with Crippen LogP contribution in [0.3, 0.4) is 0 Å². The van der Waals surface area contributed by atoms with Crippen LogP contribution >= 0.6 is 0 Å². The molecule has 35 heavy (non-hydrogen) atoms. The number of aromatic nitrogens is 1. The summed E-state index contributed by atoms with van der Waals surface area (Å²) in [5.74, 6) is 1.54. The Bertz CT molecular complexity index is 1110. The average Bonchev–Trinajstić information content (AvgIpc) is 3.39. The van der Waals surface area contributed by atoms with Gasteiger partial charge in [0.2, 0.25) is 0 Å². The lowest BCUT2D eigenvalue weighted by Gasteiger charge is -2.38. The molecule has 2 aliphatic rings. The number of guanidine groups is 1. The van der Waals surface area contributed by atoms with E-state index in [1.807, 2.05) is 55.5 Å². The van der Waals surface area contributed by atoms with E-state index < -0.39 is 0 Å². The quantitative estimate of drug-likeness (QED) is 0.314. The third-order valence-corrected chi connectivity index (χ3v) is 7.24. The van der Waals surface area contributed by atoms with Crippen molar-refractivity contribution in [3.05, 3.63) is 77.4 Å². The highest BCUT2D eigenvalue weighted by Gasteiger charge is 2.23. The van der Waals surface area contributed by atoms with Crippen molar-refractivity contribution in [2.24, 2.45) is 4.99 Å². The van der Waals surface area contributed by atoms with Gasteiger partial charge in [-0.1, -0.05) is 54.5 Å². The summed E-state index contributed by atoms with van der Waals surface area (Å²) in [7, 11) is 0. The van der Waals surface area contributed by atoms with Gasteiger partial charge in [0.25, 0.3) is 0 Å². The highest BCUT2D eigenvalue weighted by atomic mass is 19.1. The molecule has 3 heterocycles. The SMILES string of the molecule is CC(c1ccc(-c2ccccc2)c(F)c1)c1cc(CN=C(N2CCCCC2)N2CCCCC2)no1. The van der Waals surface area contributed by atoms with Crippen LogP contribution in [0.4, 0.5) is 4.39 Å². The van der Waals surface area contributed by atoms with E-state index in [9.17, 15) is 4.39 Å². The van der Waals surface area contributed by atoms with Crippen molar-refractivity contribution in [1.29, 1.82) is 0 Å². The standard InChI is InChI=1S/C29H35FN4O/c1-22(24-13-14-26(27(30)19-24)23-11-5-2-6-12-23)28-20-25(32-35-28)21-31-29(33-15-7-3-8-16-33)34-17-9-4-10-18-34/h2,5-6,11-14,19-20,22H,3-4,7-10,15-18,21H2,1H3. The molecule has 0 N–H and O–H groups in total. The number of rotatable bonds is 5. The Hall–Kier alpha value is -3.15. The number of nitrogens with zero attached hydrogens (tertiary/aromatic N) is 4. The second kappa shape index (κ2) is 11.1. The van der Waals surface area contributed by atoms with Crippen molar-refractivity contribution in [3.63, 3.8) is 0 Å². The number of halogens is 1. The molecular formula is C29H35FN4O. The fraction of sp³-hybridized carbons (Fsp3) is 0.448. The van der Waals surface area contributed by atoms with E-state index in [1.165, 1.54) is 38.5 Å². The van der Waals surface area contributed by atoms with Crippen LogP contribution in [0.25, 0.3) is 11.1 Å². The maximum atomic E-state index is 14.9. The first-order valence-corrected chi connectivity index (χ1v) is 13.0. The molecule has 6 heteroatoms. The van der Waals surface area contributed by atoms with Gasteiger partial charge < -0.3 is 14.3 Å². The summed E-state index contributed by atoms with van der Waals surface area (Å²) in [5, 5.41) is 4.30. The highest BCUT2D eigenvalue weighted by molar-refractivity contribution is 5.80. The van der Waals surface area contributed by atoms with Gasteiger partial charge in [-0.25, -0.2) is 9.38 Å². The zero-order valence-electron chi connectivity index (χ0n) is 20.6. The van der Waals surface area contributed by atoms with Gasteiger partial charge >= 0.3 is 0 Å². The van der Waals surface area contributed by atoms with Crippen LogP contribution in [0, 0.1) is 5.82 Å². The van der Waals surface area contributed by atoms with E-state index in [1.54, 1.807) is 6.07 Å². The number of hydrogen-bond donors (Lipinski definition) is 0. The van der Waals surface area contributed by atoms with Crippen LogP contribution in [-0.4, -0.2) is 47.1 Å². The van der Waals surface area contributed by atoms with Crippen molar-refractivity contribution >= 4 is 5.96 Å². The number of benzene rings is 2. The number of piperidine rings is 2. The number of likely N-dealkylation sites (tertiary alicyclic amines) is 2. The van der Waals surface area contributed by atoms with Crippen molar-refractivity contribution < 1.29 is 8.91 Å². The third-order valence-electron chi connectivity index (χ3n) is 7.24. The molecule has 0 saturated carbocycles. The van der Waals surface area contributed by atoms with Crippen molar-refractivity contribution in [3.8, 4) is 11.1 Å². The van der Waals surface area contributed by atoms with Crippen LogP contribution in [0.1, 0.15) is 68.4 Å². The van der Waals surface area contributed by atoms with E-state index in [0.29, 0.717) is 12.1 Å².